The zero-order valence-corrected chi connectivity index (χ0v) is 27.7. The maximum atomic E-state index is 13.4. The molecule has 6 rings (SSSR count). The Morgan fingerprint density at radius 1 is 0.857 bits per heavy atom. The standard InChI is InChI=1S/C36H33N7O4.Li.H2O/c1-22-12-14-25(15-13-22)43-31(21-30(42-43)36(2,3)4)40-35(46)39-28-16-17-29(27-11-6-5-10-26(27)28)47-32-18-19-37-34(41-32)38-24-9-7-8-23(20-24)33(44)45;;/h5-21H,1-4H3,(H,44,45)(H,37,38,41)(H2,39,40,46);;1H2/q;+1;/p-1. The van der Waals surface area contributed by atoms with Crippen LogP contribution >= 0.6 is 0 Å². The van der Waals surface area contributed by atoms with Crippen LogP contribution in [-0.2, 0) is 5.41 Å². The molecule has 12 nitrogen and oxygen atoms in total. The van der Waals surface area contributed by atoms with E-state index in [2.05, 4.69) is 46.7 Å². The number of aromatic carboxylic acids is 1. The molecule has 0 fully saturated rings. The Balaban J connectivity index is 0.00000270. The fourth-order valence-corrected chi connectivity index (χ4v) is 4.89. The summed E-state index contributed by atoms with van der Waals surface area (Å²) in [4.78, 5) is 33.4. The molecule has 0 bridgehead atoms. The molecule has 0 aliphatic carbocycles. The summed E-state index contributed by atoms with van der Waals surface area (Å²) >= 11 is 0. The molecular formula is C36H34LiN7O5. The van der Waals surface area contributed by atoms with E-state index >= 15 is 0 Å². The molecule has 0 atom stereocenters. The van der Waals surface area contributed by atoms with Gasteiger partial charge in [0.2, 0.25) is 11.8 Å². The molecule has 6 aromatic rings. The quantitative estimate of drug-likeness (QED) is 0.163. The van der Waals surface area contributed by atoms with Crippen molar-refractivity contribution in [2.45, 2.75) is 33.1 Å². The average Bonchev–Trinajstić information content (AvgIpc) is 3.47. The molecule has 0 aliphatic rings. The molecular weight excluding hydrogens is 617 g/mol. The van der Waals surface area contributed by atoms with E-state index in [1.165, 1.54) is 12.1 Å². The number of aromatic nitrogens is 4. The van der Waals surface area contributed by atoms with Gasteiger partial charge >= 0.3 is 30.9 Å². The van der Waals surface area contributed by atoms with Crippen molar-refractivity contribution in [3.8, 4) is 17.3 Å². The SMILES string of the molecule is Cc1ccc(-n2nc(C(C)(C)C)cc2NC(=O)Nc2ccc(Oc3ccnc(Nc4cccc(C(=O)O)c4)n3)c3ccccc23)cc1.[Li+].[OH-]. The molecule has 244 valence electrons. The fraction of sp³-hybridized carbons (Fsp3) is 0.139. The molecule has 0 spiro atoms. The number of nitrogens with one attached hydrogen (secondary N) is 3. The Hall–Kier alpha value is -5.67. The number of carboxylic acid groups (broad SMARTS) is 1. The molecule has 2 heterocycles. The number of hydrogen-bond acceptors (Lipinski definition) is 8. The second-order valence-electron chi connectivity index (χ2n) is 12.0. The number of anilines is 4. The molecule has 2 amide bonds. The minimum absolute atomic E-state index is 0. The van der Waals surface area contributed by atoms with Crippen LogP contribution in [0.25, 0.3) is 16.5 Å². The molecule has 49 heavy (non-hydrogen) atoms. The van der Waals surface area contributed by atoms with Crippen LogP contribution in [0.4, 0.5) is 27.9 Å². The van der Waals surface area contributed by atoms with Gasteiger partial charge in [-0.25, -0.2) is 19.3 Å². The molecule has 4 aromatic carbocycles. The monoisotopic (exact) mass is 651 g/mol. The minimum atomic E-state index is -1.03. The zero-order valence-electron chi connectivity index (χ0n) is 27.7. The number of nitrogens with zero attached hydrogens (tertiary/aromatic N) is 4. The van der Waals surface area contributed by atoms with E-state index in [4.69, 9.17) is 9.84 Å². The number of aryl methyl sites for hydroxylation is 1. The van der Waals surface area contributed by atoms with Crippen molar-refractivity contribution in [2.75, 3.05) is 16.0 Å². The summed E-state index contributed by atoms with van der Waals surface area (Å²) in [5.74, 6) is 0.556. The van der Waals surface area contributed by atoms with Crippen LogP contribution in [0.15, 0.2) is 103 Å². The van der Waals surface area contributed by atoms with Gasteiger partial charge in [0.05, 0.1) is 22.6 Å². The summed E-state index contributed by atoms with van der Waals surface area (Å²) in [6, 6.07) is 28.5. The first-order chi connectivity index (χ1) is 22.5. The van der Waals surface area contributed by atoms with E-state index < -0.39 is 12.0 Å². The number of carboxylic acids is 1. The van der Waals surface area contributed by atoms with Gasteiger partial charge in [-0.15, -0.1) is 0 Å². The first-order valence-electron chi connectivity index (χ1n) is 14.9. The van der Waals surface area contributed by atoms with Crippen LogP contribution in [0, 0.1) is 6.92 Å². The minimum Gasteiger partial charge on any atom is -0.870 e. The number of rotatable bonds is 8. The molecule has 5 N–H and O–H groups in total. The average molecular weight is 652 g/mol. The van der Waals surface area contributed by atoms with Gasteiger partial charge in [-0.05, 0) is 49.4 Å². The summed E-state index contributed by atoms with van der Waals surface area (Å²) in [5.41, 5.74) is 3.85. The predicted octanol–water partition coefficient (Wildman–Crippen LogP) is 5.13. The van der Waals surface area contributed by atoms with Crippen molar-refractivity contribution in [1.82, 2.24) is 19.7 Å². The second kappa shape index (κ2) is 15.0. The van der Waals surface area contributed by atoms with Gasteiger partial charge in [0, 0.05) is 40.2 Å². The Morgan fingerprint density at radius 2 is 1.59 bits per heavy atom. The second-order valence-corrected chi connectivity index (χ2v) is 12.0. The van der Waals surface area contributed by atoms with Crippen molar-refractivity contribution >= 4 is 45.9 Å². The fourth-order valence-electron chi connectivity index (χ4n) is 4.89. The van der Waals surface area contributed by atoms with Gasteiger partial charge in [0.25, 0.3) is 0 Å². The van der Waals surface area contributed by atoms with E-state index in [9.17, 15) is 14.7 Å². The molecule has 0 saturated heterocycles. The number of carbonyl (C=O) groups is 2. The summed E-state index contributed by atoms with van der Waals surface area (Å²) in [6.45, 7) is 8.25. The van der Waals surface area contributed by atoms with E-state index in [1.807, 2.05) is 61.5 Å². The topological polar surface area (TPSA) is 173 Å². The number of carbonyl (C=O) groups excluding carboxylic acids is 1. The van der Waals surface area contributed by atoms with Crippen molar-refractivity contribution in [2.24, 2.45) is 0 Å². The van der Waals surface area contributed by atoms with Crippen LogP contribution in [0.3, 0.4) is 0 Å². The third-order valence-electron chi connectivity index (χ3n) is 7.34. The number of ether oxygens (including phenoxy) is 1. The Morgan fingerprint density at radius 3 is 2.31 bits per heavy atom. The Labute approximate surface area is 295 Å². The number of amides is 2. The largest absolute Gasteiger partial charge is 1.00 e. The first kappa shape index (κ1) is 36.2. The molecule has 0 saturated carbocycles. The number of fused-ring (bicyclic) bond motifs is 1. The zero-order chi connectivity index (χ0) is 33.1. The van der Waals surface area contributed by atoms with Gasteiger partial charge in [-0.3, -0.25) is 5.32 Å². The molecule has 0 unspecified atom stereocenters. The van der Waals surface area contributed by atoms with E-state index in [0.29, 0.717) is 22.9 Å². The van der Waals surface area contributed by atoms with Gasteiger partial charge in [0.1, 0.15) is 11.6 Å². The Bertz CT molecular complexity index is 2110. The van der Waals surface area contributed by atoms with E-state index in [1.54, 1.807) is 41.2 Å². The van der Waals surface area contributed by atoms with Crippen molar-refractivity contribution in [1.29, 1.82) is 0 Å². The predicted molar refractivity (Wildman–Crippen MR) is 184 cm³/mol. The molecule has 2 aromatic heterocycles. The smallest absolute Gasteiger partial charge is 0.870 e. The molecule has 0 aliphatic heterocycles. The van der Waals surface area contributed by atoms with Gasteiger partial charge in [-0.1, -0.05) is 68.8 Å². The third kappa shape index (κ3) is 8.44. The van der Waals surface area contributed by atoms with Crippen molar-refractivity contribution in [3.05, 3.63) is 120 Å². The number of hydrogen-bond donors (Lipinski definition) is 4. The molecule has 0 radical (unpaired) electrons. The van der Waals surface area contributed by atoms with Crippen molar-refractivity contribution in [3.63, 3.8) is 0 Å². The summed E-state index contributed by atoms with van der Waals surface area (Å²) in [7, 11) is 0. The van der Waals surface area contributed by atoms with Crippen molar-refractivity contribution < 1.29 is 43.8 Å². The van der Waals surface area contributed by atoms with Crippen LogP contribution in [-0.4, -0.2) is 42.3 Å². The normalized spacial score (nSPS) is 10.8. The third-order valence-corrected chi connectivity index (χ3v) is 7.34. The number of benzene rings is 4. The summed E-state index contributed by atoms with van der Waals surface area (Å²) in [5, 5.41) is 24.6. The Kier molecular flexibility index (Phi) is 11.1. The van der Waals surface area contributed by atoms with Crippen LogP contribution in [0.1, 0.15) is 42.4 Å². The van der Waals surface area contributed by atoms with Crippen LogP contribution in [0.2, 0.25) is 0 Å². The first-order valence-corrected chi connectivity index (χ1v) is 14.9. The maximum Gasteiger partial charge on any atom is 1.00 e. The van der Waals surface area contributed by atoms with Gasteiger partial charge in [0.15, 0.2) is 0 Å². The molecule has 13 heteroatoms. The maximum absolute atomic E-state index is 13.4. The van der Waals surface area contributed by atoms with Crippen LogP contribution in [0.5, 0.6) is 11.6 Å². The number of urea groups is 1. The van der Waals surface area contributed by atoms with Crippen LogP contribution < -0.4 is 39.5 Å². The summed E-state index contributed by atoms with van der Waals surface area (Å²) < 4.78 is 7.91. The van der Waals surface area contributed by atoms with Gasteiger partial charge < -0.3 is 26.0 Å². The van der Waals surface area contributed by atoms with E-state index in [0.717, 1.165) is 27.7 Å². The van der Waals surface area contributed by atoms with Gasteiger partial charge in [-0.2, -0.15) is 10.1 Å². The van der Waals surface area contributed by atoms with E-state index in [-0.39, 0.29) is 47.1 Å². The summed E-state index contributed by atoms with van der Waals surface area (Å²) in [6.07, 6.45) is 1.54.